The summed E-state index contributed by atoms with van der Waals surface area (Å²) in [6.45, 7) is 5.22. The maximum absolute atomic E-state index is 4.19. The molecule has 2 aromatic rings. The van der Waals surface area contributed by atoms with Crippen LogP contribution in [0.25, 0.3) is 0 Å². The van der Waals surface area contributed by atoms with E-state index >= 15 is 0 Å². The Morgan fingerprint density at radius 1 is 1.32 bits per heavy atom. The summed E-state index contributed by atoms with van der Waals surface area (Å²) in [6, 6.07) is 10.9. The third-order valence-corrected chi connectivity index (χ3v) is 3.86. The molecular formula is C16H19BrN2. The van der Waals surface area contributed by atoms with Gasteiger partial charge in [-0.05, 0) is 43.1 Å². The molecule has 1 heterocycles. The summed E-state index contributed by atoms with van der Waals surface area (Å²) in [6.07, 6.45) is 4.70. The van der Waals surface area contributed by atoms with Crippen LogP contribution in [0.5, 0.6) is 0 Å². The molecule has 3 heteroatoms. The Bertz CT molecular complexity index is 526. The standard InChI is InChI=1S/C16H19BrN2/c1-3-19-16(10-13-5-4-8-18-11-13)14-9-12(2)6-7-15(14)17/h4-9,11,16,19H,3,10H2,1-2H3. The lowest BCUT2D eigenvalue weighted by molar-refractivity contribution is 0.547. The number of halogens is 1. The molecule has 1 aromatic heterocycles. The monoisotopic (exact) mass is 318 g/mol. The molecule has 100 valence electrons. The lowest BCUT2D eigenvalue weighted by Gasteiger charge is -2.20. The van der Waals surface area contributed by atoms with Crippen molar-refractivity contribution in [2.24, 2.45) is 0 Å². The van der Waals surface area contributed by atoms with Crippen LogP contribution in [0.2, 0.25) is 0 Å². The first-order valence-electron chi connectivity index (χ1n) is 6.59. The van der Waals surface area contributed by atoms with Gasteiger partial charge >= 0.3 is 0 Å². The van der Waals surface area contributed by atoms with Crippen molar-refractivity contribution in [3.05, 3.63) is 63.9 Å². The van der Waals surface area contributed by atoms with Gasteiger partial charge in [-0.15, -0.1) is 0 Å². The van der Waals surface area contributed by atoms with Gasteiger partial charge in [-0.25, -0.2) is 0 Å². The molecule has 0 radical (unpaired) electrons. The van der Waals surface area contributed by atoms with Gasteiger partial charge in [0.2, 0.25) is 0 Å². The van der Waals surface area contributed by atoms with Gasteiger partial charge in [0.15, 0.2) is 0 Å². The Morgan fingerprint density at radius 2 is 2.16 bits per heavy atom. The molecule has 0 bridgehead atoms. The fraction of sp³-hybridized carbons (Fsp3) is 0.312. The summed E-state index contributed by atoms with van der Waals surface area (Å²) >= 11 is 3.66. The van der Waals surface area contributed by atoms with Gasteiger partial charge < -0.3 is 5.32 Å². The van der Waals surface area contributed by atoms with Crippen LogP contribution in [0.3, 0.4) is 0 Å². The van der Waals surface area contributed by atoms with Gasteiger partial charge in [0, 0.05) is 22.9 Å². The normalized spacial score (nSPS) is 12.4. The second kappa shape index (κ2) is 6.83. The summed E-state index contributed by atoms with van der Waals surface area (Å²) in [5.41, 5.74) is 3.85. The molecule has 1 atom stereocenters. The number of nitrogens with one attached hydrogen (secondary N) is 1. The maximum Gasteiger partial charge on any atom is 0.0372 e. The average Bonchev–Trinajstić information content (AvgIpc) is 2.42. The van der Waals surface area contributed by atoms with Crippen molar-refractivity contribution >= 4 is 15.9 Å². The van der Waals surface area contributed by atoms with Crippen LogP contribution in [0, 0.1) is 6.92 Å². The van der Waals surface area contributed by atoms with Crippen molar-refractivity contribution in [3.63, 3.8) is 0 Å². The quantitative estimate of drug-likeness (QED) is 0.899. The number of hydrogen-bond acceptors (Lipinski definition) is 2. The van der Waals surface area contributed by atoms with Crippen LogP contribution in [-0.2, 0) is 6.42 Å². The van der Waals surface area contributed by atoms with E-state index in [1.165, 1.54) is 16.7 Å². The Hall–Kier alpha value is -1.19. The highest BCUT2D eigenvalue weighted by Gasteiger charge is 2.14. The molecule has 0 aliphatic rings. The van der Waals surface area contributed by atoms with Crippen LogP contribution < -0.4 is 5.32 Å². The molecule has 0 amide bonds. The van der Waals surface area contributed by atoms with Gasteiger partial charge in [0.25, 0.3) is 0 Å². The second-order valence-corrected chi connectivity index (χ2v) is 5.55. The lowest BCUT2D eigenvalue weighted by atomic mass is 9.98. The van der Waals surface area contributed by atoms with E-state index in [0.717, 1.165) is 17.4 Å². The zero-order chi connectivity index (χ0) is 13.7. The van der Waals surface area contributed by atoms with Crippen molar-refractivity contribution in [2.45, 2.75) is 26.3 Å². The lowest BCUT2D eigenvalue weighted by Crippen LogP contribution is -2.23. The highest BCUT2D eigenvalue weighted by Crippen LogP contribution is 2.27. The molecule has 1 aromatic carbocycles. The molecule has 1 N–H and O–H groups in total. The van der Waals surface area contributed by atoms with Gasteiger partial charge in [-0.2, -0.15) is 0 Å². The highest BCUT2D eigenvalue weighted by molar-refractivity contribution is 9.10. The molecular weight excluding hydrogens is 300 g/mol. The first-order valence-corrected chi connectivity index (χ1v) is 7.38. The van der Waals surface area contributed by atoms with E-state index < -0.39 is 0 Å². The van der Waals surface area contributed by atoms with E-state index in [-0.39, 0.29) is 0 Å². The topological polar surface area (TPSA) is 24.9 Å². The number of likely N-dealkylation sites (N-methyl/N-ethyl adjacent to an activating group) is 1. The minimum Gasteiger partial charge on any atom is -0.310 e. The van der Waals surface area contributed by atoms with Crippen molar-refractivity contribution in [2.75, 3.05) is 6.54 Å². The van der Waals surface area contributed by atoms with Crippen molar-refractivity contribution in [3.8, 4) is 0 Å². The van der Waals surface area contributed by atoms with Gasteiger partial charge in [0.1, 0.15) is 0 Å². The van der Waals surface area contributed by atoms with Crippen LogP contribution in [-0.4, -0.2) is 11.5 Å². The third-order valence-electron chi connectivity index (χ3n) is 3.14. The van der Waals surface area contributed by atoms with Crippen LogP contribution in [0.4, 0.5) is 0 Å². The summed E-state index contributed by atoms with van der Waals surface area (Å²) in [4.78, 5) is 4.19. The number of aromatic nitrogens is 1. The van der Waals surface area contributed by atoms with Gasteiger partial charge in [-0.3, -0.25) is 4.98 Å². The Balaban J connectivity index is 2.27. The Kier molecular flexibility index (Phi) is 5.11. The molecule has 19 heavy (non-hydrogen) atoms. The molecule has 0 aliphatic heterocycles. The average molecular weight is 319 g/mol. The number of rotatable bonds is 5. The predicted molar refractivity (Wildman–Crippen MR) is 83.2 cm³/mol. The molecule has 2 rings (SSSR count). The maximum atomic E-state index is 4.19. The van der Waals surface area contributed by atoms with Gasteiger partial charge in [-0.1, -0.05) is 46.6 Å². The molecule has 0 fully saturated rings. The second-order valence-electron chi connectivity index (χ2n) is 4.70. The molecule has 0 saturated heterocycles. The molecule has 0 saturated carbocycles. The van der Waals surface area contributed by atoms with E-state index in [0.29, 0.717) is 6.04 Å². The number of hydrogen-bond donors (Lipinski definition) is 1. The fourth-order valence-electron chi connectivity index (χ4n) is 2.22. The van der Waals surface area contributed by atoms with Crippen LogP contribution >= 0.6 is 15.9 Å². The zero-order valence-electron chi connectivity index (χ0n) is 11.4. The van der Waals surface area contributed by atoms with E-state index in [1.54, 1.807) is 0 Å². The minimum atomic E-state index is 0.309. The van der Waals surface area contributed by atoms with E-state index in [9.17, 15) is 0 Å². The number of benzene rings is 1. The molecule has 0 spiro atoms. The van der Waals surface area contributed by atoms with E-state index in [2.05, 4.69) is 64.3 Å². The molecule has 2 nitrogen and oxygen atoms in total. The van der Waals surface area contributed by atoms with E-state index in [1.807, 2.05) is 18.5 Å². The summed E-state index contributed by atoms with van der Waals surface area (Å²) in [5, 5.41) is 3.56. The Labute approximate surface area is 123 Å². The van der Waals surface area contributed by atoms with Crippen LogP contribution in [0.1, 0.15) is 29.7 Å². The number of pyridine rings is 1. The van der Waals surface area contributed by atoms with Crippen molar-refractivity contribution in [1.29, 1.82) is 0 Å². The van der Waals surface area contributed by atoms with Gasteiger partial charge in [0.05, 0.1) is 0 Å². The van der Waals surface area contributed by atoms with E-state index in [4.69, 9.17) is 0 Å². The van der Waals surface area contributed by atoms with Crippen molar-refractivity contribution < 1.29 is 0 Å². The highest BCUT2D eigenvalue weighted by atomic mass is 79.9. The largest absolute Gasteiger partial charge is 0.310 e. The smallest absolute Gasteiger partial charge is 0.0372 e. The predicted octanol–water partition coefficient (Wildman–Crippen LogP) is 4.05. The van der Waals surface area contributed by atoms with Crippen molar-refractivity contribution in [1.82, 2.24) is 10.3 Å². The summed E-state index contributed by atoms with van der Waals surface area (Å²) in [7, 11) is 0. The van der Waals surface area contributed by atoms with Crippen LogP contribution in [0.15, 0.2) is 47.2 Å². The minimum absolute atomic E-state index is 0.309. The first kappa shape index (κ1) is 14.2. The zero-order valence-corrected chi connectivity index (χ0v) is 12.9. The third kappa shape index (κ3) is 3.88. The summed E-state index contributed by atoms with van der Waals surface area (Å²) < 4.78 is 1.16. The molecule has 0 aliphatic carbocycles. The summed E-state index contributed by atoms with van der Waals surface area (Å²) in [5.74, 6) is 0. The first-order chi connectivity index (χ1) is 9.20. The Morgan fingerprint density at radius 3 is 2.84 bits per heavy atom. The molecule has 1 unspecified atom stereocenters. The number of aryl methyl sites for hydroxylation is 1. The SMILES string of the molecule is CCNC(Cc1cccnc1)c1cc(C)ccc1Br. The number of nitrogens with zero attached hydrogens (tertiary/aromatic N) is 1. The fourth-order valence-corrected chi connectivity index (χ4v) is 2.75.